The molecule has 7 nitrogen and oxygen atoms in total. The number of para-hydroxylation sites is 1. The van der Waals surface area contributed by atoms with Crippen LogP contribution in [0.25, 0.3) is 27.5 Å². The molecule has 8 heteroatoms. The van der Waals surface area contributed by atoms with Gasteiger partial charge >= 0.3 is 0 Å². The minimum absolute atomic E-state index is 0.142. The summed E-state index contributed by atoms with van der Waals surface area (Å²) in [5.41, 5.74) is 2.86. The summed E-state index contributed by atoms with van der Waals surface area (Å²) in [4.78, 5) is 20.3. The number of aromatic amines is 1. The summed E-state index contributed by atoms with van der Waals surface area (Å²) in [6.07, 6.45) is 1.64. The number of hydrogen-bond acceptors (Lipinski definition) is 6. The number of aromatic hydroxyl groups is 1. The second-order valence-electron chi connectivity index (χ2n) is 6.84. The molecule has 0 spiro atoms. The number of fused-ring (bicyclic) bond motifs is 2. The Bertz CT molecular complexity index is 1590. The maximum atomic E-state index is 12.9. The first-order valence-corrected chi connectivity index (χ1v) is 9.85. The van der Waals surface area contributed by atoms with Crippen LogP contribution in [-0.4, -0.2) is 19.6 Å². The van der Waals surface area contributed by atoms with Crippen LogP contribution in [0.1, 0.15) is 0 Å². The number of azo groups is 1. The summed E-state index contributed by atoms with van der Waals surface area (Å²) in [6.45, 7) is 0. The van der Waals surface area contributed by atoms with E-state index in [2.05, 4.69) is 20.2 Å². The van der Waals surface area contributed by atoms with Gasteiger partial charge in [-0.1, -0.05) is 12.1 Å². The second-order valence-corrected chi connectivity index (χ2v) is 7.22. The highest BCUT2D eigenvalue weighted by atomic mass is 32.1. The maximum Gasteiger partial charge on any atom is 0.266 e. The van der Waals surface area contributed by atoms with E-state index in [1.807, 2.05) is 18.2 Å². The summed E-state index contributed by atoms with van der Waals surface area (Å²) in [5.74, 6) is 0.142. The Kier molecular flexibility index (Phi) is 4.61. The van der Waals surface area contributed by atoms with Gasteiger partial charge in [-0.25, -0.2) is 0 Å². The van der Waals surface area contributed by atoms with Crippen LogP contribution in [-0.2, 0) is 0 Å². The van der Waals surface area contributed by atoms with Gasteiger partial charge in [0.05, 0.1) is 22.3 Å². The number of phenolic OH excluding ortho intramolecular Hbond substituents is 1. The average molecular weight is 425 g/mol. The minimum Gasteiger partial charge on any atom is -0.507 e. The lowest BCUT2D eigenvalue weighted by Crippen LogP contribution is -2.20. The molecule has 0 unspecified atom stereocenters. The molecule has 5 rings (SSSR count). The molecule has 0 saturated heterocycles. The lowest BCUT2D eigenvalue weighted by atomic mass is 10.2. The predicted molar refractivity (Wildman–Crippen MR) is 122 cm³/mol. The lowest BCUT2D eigenvalue weighted by molar-refractivity contribution is 0.481. The second kappa shape index (κ2) is 7.58. The Morgan fingerprint density at radius 3 is 2.52 bits per heavy atom. The van der Waals surface area contributed by atoms with Gasteiger partial charge in [-0.15, -0.1) is 5.11 Å². The van der Waals surface area contributed by atoms with Gasteiger partial charge in [-0.3, -0.25) is 14.3 Å². The van der Waals surface area contributed by atoms with Crippen LogP contribution in [0.4, 0.5) is 11.4 Å². The van der Waals surface area contributed by atoms with Crippen LogP contribution in [0.5, 0.6) is 5.75 Å². The van der Waals surface area contributed by atoms with Crippen LogP contribution >= 0.6 is 12.2 Å². The predicted octanol–water partition coefficient (Wildman–Crippen LogP) is 5.72. The number of nitrogens with one attached hydrogen (secondary N) is 1. The average Bonchev–Trinajstić information content (AvgIpc) is 2.80. The third-order valence-electron chi connectivity index (χ3n) is 4.91. The third-order valence-corrected chi connectivity index (χ3v) is 5.20. The fraction of sp³-hybridized carbons (Fsp3) is 0. The molecule has 0 bridgehead atoms. The van der Waals surface area contributed by atoms with E-state index in [0.29, 0.717) is 43.6 Å². The van der Waals surface area contributed by atoms with Gasteiger partial charge in [0.15, 0.2) is 4.77 Å². The molecule has 0 amide bonds. The van der Waals surface area contributed by atoms with Gasteiger partial charge in [0.1, 0.15) is 17.0 Å². The number of phenols is 1. The number of aromatic nitrogens is 3. The summed E-state index contributed by atoms with van der Waals surface area (Å²) in [7, 11) is 0. The maximum absolute atomic E-state index is 12.9. The Labute approximate surface area is 181 Å². The van der Waals surface area contributed by atoms with Crippen LogP contribution in [0, 0.1) is 4.77 Å². The number of rotatable bonds is 3. The first-order chi connectivity index (χ1) is 15.1. The third kappa shape index (κ3) is 3.38. The van der Waals surface area contributed by atoms with E-state index in [1.54, 1.807) is 60.8 Å². The molecule has 31 heavy (non-hydrogen) atoms. The van der Waals surface area contributed by atoms with Crippen molar-refractivity contribution in [1.82, 2.24) is 14.5 Å². The van der Waals surface area contributed by atoms with E-state index in [9.17, 15) is 9.90 Å². The SMILES string of the molecule is O=c1c2ccccc2[nH]c(=S)n1-c1ccc(N=Nc2ccc(O)c3cccnc23)cc1. The minimum atomic E-state index is -0.185. The van der Waals surface area contributed by atoms with Crippen molar-refractivity contribution in [3.63, 3.8) is 0 Å². The summed E-state index contributed by atoms with van der Waals surface area (Å²) < 4.78 is 1.77. The van der Waals surface area contributed by atoms with Crippen LogP contribution in [0.15, 0.2) is 94.0 Å². The zero-order valence-corrected chi connectivity index (χ0v) is 16.9. The number of H-pyrrole nitrogens is 1. The van der Waals surface area contributed by atoms with Crippen molar-refractivity contribution in [3.05, 3.63) is 94.1 Å². The van der Waals surface area contributed by atoms with E-state index < -0.39 is 0 Å². The highest BCUT2D eigenvalue weighted by Crippen LogP contribution is 2.31. The van der Waals surface area contributed by atoms with Crippen molar-refractivity contribution in [2.45, 2.75) is 0 Å². The van der Waals surface area contributed by atoms with Crippen LogP contribution in [0.3, 0.4) is 0 Å². The zero-order chi connectivity index (χ0) is 21.4. The Balaban J connectivity index is 1.51. The first-order valence-electron chi connectivity index (χ1n) is 9.45. The summed E-state index contributed by atoms with van der Waals surface area (Å²) in [5, 5.41) is 19.7. The quantitative estimate of drug-likeness (QED) is 0.285. The van der Waals surface area contributed by atoms with Crippen molar-refractivity contribution >= 4 is 45.4 Å². The first kappa shape index (κ1) is 18.8. The van der Waals surface area contributed by atoms with Gasteiger partial charge in [0.2, 0.25) is 0 Å². The molecule has 150 valence electrons. The van der Waals surface area contributed by atoms with Crippen molar-refractivity contribution < 1.29 is 5.11 Å². The lowest BCUT2D eigenvalue weighted by Gasteiger charge is -2.08. The molecule has 3 aromatic carbocycles. The Morgan fingerprint density at radius 2 is 1.68 bits per heavy atom. The van der Waals surface area contributed by atoms with Crippen molar-refractivity contribution in [2.24, 2.45) is 10.2 Å². The number of pyridine rings is 1. The largest absolute Gasteiger partial charge is 0.507 e. The molecule has 0 aliphatic carbocycles. The molecule has 2 aromatic heterocycles. The molecule has 0 saturated carbocycles. The van der Waals surface area contributed by atoms with E-state index in [1.165, 1.54) is 4.57 Å². The van der Waals surface area contributed by atoms with Gasteiger partial charge in [0, 0.05) is 11.6 Å². The molecule has 5 aromatic rings. The normalized spacial score (nSPS) is 11.5. The molecule has 2 heterocycles. The Morgan fingerprint density at radius 1 is 0.903 bits per heavy atom. The van der Waals surface area contributed by atoms with Crippen LogP contribution in [0.2, 0.25) is 0 Å². The summed E-state index contributed by atoms with van der Waals surface area (Å²) in [6, 6.07) is 21.0. The molecular weight excluding hydrogens is 410 g/mol. The van der Waals surface area contributed by atoms with Crippen molar-refractivity contribution in [3.8, 4) is 11.4 Å². The molecule has 0 atom stereocenters. The van der Waals surface area contributed by atoms with Crippen molar-refractivity contribution in [1.29, 1.82) is 0 Å². The summed E-state index contributed by atoms with van der Waals surface area (Å²) >= 11 is 5.39. The topological polar surface area (TPSA) is 95.6 Å². The molecular formula is C23H15N5O2S. The van der Waals surface area contributed by atoms with Gasteiger partial charge in [-0.05, 0) is 72.9 Å². The fourth-order valence-corrected chi connectivity index (χ4v) is 3.70. The highest BCUT2D eigenvalue weighted by Gasteiger charge is 2.08. The van der Waals surface area contributed by atoms with E-state index in [-0.39, 0.29) is 11.3 Å². The highest BCUT2D eigenvalue weighted by molar-refractivity contribution is 7.71. The standard InChI is InChI=1S/C23H15N5O2S/c29-20-12-11-19(21-17(20)5-3-13-24-21)27-26-14-7-9-15(10-8-14)28-22(30)16-4-1-2-6-18(16)25-23(28)31/h1-13,29H,(H,25,31). The molecule has 0 fully saturated rings. The van der Waals surface area contributed by atoms with E-state index >= 15 is 0 Å². The van der Waals surface area contributed by atoms with E-state index in [4.69, 9.17) is 12.2 Å². The molecule has 0 radical (unpaired) electrons. The molecule has 0 aliphatic heterocycles. The van der Waals surface area contributed by atoms with Gasteiger partial charge in [-0.2, -0.15) is 5.11 Å². The smallest absolute Gasteiger partial charge is 0.266 e. The monoisotopic (exact) mass is 425 g/mol. The fourth-order valence-electron chi connectivity index (χ4n) is 3.40. The Hall–Kier alpha value is -4.17. The van der Waals surface area contributed by atoms with Crippen LogP contribution < -0.4 is 5.56 Å². The van der Waals surface area contributed by atoms with Gasteiger partial charge in [0.25, 0.3) is 5.56 Å². The zero-order valence-electron chi connectivity index (χ0n) is 16.1. The van der Waals surface area contributed by atoms with E-state index in [0.717, 1.165) is 0 Å². The van der Waals surface area contributed by atoms with Crippen molar-refractivity contribution in [2.75, 3.05) is 0 Å². The number of benzene rings is 3. The number of nitrogens with zero attached hydrogens (tertiary/aromatic N) is 4. The number of hydrogen-bond donors (Lipinski definition) is 2. The molecule has 0 aliphatic rings. The van der Waals surface area contributed by atoms with Gasteiger partial charge < -0.3 is 10.1 Å². The molecule has 2 N–H and O–H groups in total.